The SMILES string of the molecule is CCC(CS)Cn1cc(Br)cn1. The first-order valence-corrected chi connectivity index (χ1v) is 5.47. The lowest BCUT2D eigenvalue weighted by Gasteiger charge is -2.10. The fraction of sp³-hybridized carbons (Fsp3) is 0.625. The molecule has 0 spiro atoms. The standard InChI is InChI=1S/C8H13BrN2S/c1-2-7(6-12)4-11-5-8(9)3-10-11/h3,5,7,12H,2,4,6H2,1H3. The van der Waals surface area contributed by atoms with E-state index < -0.39 is 0 Å². The third-order valence-electron chi connectivity index (χ3n) is 1.88. The van der Waals surface area contributed by atoms with E-state index in [4.69, 9.17) is 0 Å². The van der Waals surface area contributed by atoms with Crippen molar-refractivity contribution in [2.45, 2.75) is 19.9 Å². The van der Waals surface area contributed by atoms with E-state index in [0.29, 0.717) is 5.92 Å². The van der Waals surface area contributed by atoms with Crippen molar-refractivity contribution in [3.63, 3.8) is 0 Å². The van der Waals surface area contributed by atoms with E-state index in [1.54, 1.807) is 0 Å². The first kappa shape index (κ1) is 10.1. The van der Waals surface area contributed by atoms with Crippen molar-refractivity contribution < 1.29 is 0 Å². The van der Waals surface area contributed by atoms with Gasteiger partial charge in [0, 0.05) is 12.7 Å². The van der Waals surface area contributed by atoms with Crippen LogP contribution in [0.1, 0.15) is 13.3 Å². The average Bonchev–Trinajstić information content (AvgIpc) is 2.47. The molecule has 0 saturated heterocycles. The highest BCUT2D eigenvalue weighted by molar-refractivity contribution is 9.10. The molecule has 0 amide bonds. The van der Waals surface area contributed by atoms with Gasteiger partial charge < -0.3 is 0 Å². The summed E-state index contributed by atoms with van der Waals surface area (Å²) in [6, 6.07) is 0. The number of hydrogen-bond donors (Lipinski definition) is 1. The van der Waals surface area contributed by atoms with Gasteiger partial charge in [-0.25, -0.2) is 0 Å². The Morgan fingerprint density at radius 2 is 2.50 bits per heavy atom. The fourth-order valence-corrected chi connectivity index (χ4v) is 1.72. The van der Waals surface area contributed by atoms with Gasteiger partial charge in [0.05, 0.1) is 10.7 Å². The van der Waals surface area contributed by atoms with Crippen LogP contribution in [0.3, 0.4) is 0 Å². The molecule has 0 aliphatic heterocycles. The zero-order chi connectivity index (χ0) is 8.97. The smallest absolute Gasteiger partial charge is 0.0632 e. The zero-order valence-corrected chi connectivity index (χ0v) is 9.55. The first-order chi connectivity index (χ1) is 5.76. The molecule has 0 radical (unpaired) electrons. The molecular formula is C8H13BrN2S. The predicted octanol–water partition coefficient (Wildman–Crippen LogP) is 2.60. The molecule has 2 nitrogen and oxygen atoms in total. The molecule has 68 valence electrons. The van der Waals surface area contributed by atoms with Crippen molar-refractivity contribution >= 4 is 28.6 Å². The van der Waals surface area contributed by atoms with Crippen LogP contribution in [0.25, 0.3) is 0 Å². The van der Waals surface area contributed by atoms with Gasteiger partial charge in [0.2, 0.25) is 0 Å². The summed E-state index contributed by atoms with van der Waals surface area (Å²) in [5.41, 5.74) is 0. The molecule has 4 heteroatoms. The number of nitrogens with zero attached hydrogens (tertiary/aromatic N) is 2. The van der Waals surface area contributed by atoms with E-state index in [-0.39, 0.29) is 0 Å². The van der Waals surface area contributed by atoms with Gasteiger partial charge in [0.25, 0.3) is 0 Å². The number of halogens is 1. The second-order valence-corrected chi connectivity index (χ2v) is 4.12. The van der Waals surface area contributed by atoms with Gasteiger partial charge in [0.15, 0.2) is 0 Å². The summed E-state index contributed by atoms with van der Waals surface area (Å²) in [7, 11) is 0. The Bertz CT molecular complexity index is 233. The molecule has 0 saturated carbocycles. The normalized spacial score (nSPS) is 13.2. The quantitative estimate of drug-likeness (QED) is 0.812. The molecule has 0 N–H and O–H groups in total. The van der Waals surface area contributed by atoms with Crippen LogP contribution >= 0.6 is 28.6 Å². The van der Waals surface area contributed by atoms with Gasteiger partial charge in [0.1, 0.15) is 0 Å². The van der Waals surface area contributed by atoms with Crippen LogP contribution < -0.4 is 0 Å². The van der Waals surface area contributed by atoms with Gasteiger partial charge in [-0.2, -0.15) is 17.7 Å². The van der Waals surface area contributed by atoms with Crippen LogP contribution in [0.15, 0.2) is 16.9 Å². The van der Waals surface area contributed by atoms with E-state index in [2.05, 4.69) is 40.6 Å². The Labute approximate surface area is 86.9 Å². The number of aromatic nitrogens is 2. The molecular weight excluding hydrogens is 236 g/mol. The first-order valence-electron chi connectivity index (χ1n) is 4.05. The lowest BCUT2D eigenvalue weighted by molar-refractivity contribution is 0.446. The molecule has 0 aliphatic carbocycles. The highest BCUT2D eigenvalue weighted by Gasteiger charge is 2.05. The zero-order valence-electron chi connectivity index (χ0n) is 7.07. The highest BCUT2D eigenvalue weighted by atomic mass is 79.9. The van der Waals surface area contributed by atoms with Crippen LogP contribution in [-0.2, 0) is 6.54 Å². The molecule has 1 atom stereocenters. The molecule has 1 heterocycles. The van der Waals surface area contributed by atoms with E-state index >= 15 is 0 Å². The van der Waals surface area contributed by atoms with Crippen molar-refractivity contribution in [2.24, 2.45) is 5.92 Å². The minimum Gasteiger partial charge on any atom is -0.271 e. The second kappa shape index (κ2) is 4.92. The predicted molar refractivity (Wildman–Crippen MR) is 57.6 cm³/mol. The number of thiol groups is 1. The summed E-state index contributed by atoms with van der Waals surface area (Å²) in [5, 5.41) is 4.19. The Hall–Kier alpha value is 0.0400. The number of rotatable bonds is 4. The summed E-state index contributed by atoms with van der Waals surface area (Å²) in [6.45, 7) is 3.14. The summed E-state index contributed by atoms with van der Waals surface area (Å²) in [5.74, 6) is 1.55. The third kappa shape index (κ3) is 2.83. The van der Waals surface area contributed by atoms with Crippen molar-refractivity contribution in [2.75, 3.05) is 5.75 Å². The Balaban J connectivity index is 2.50. The molecule has 0 bridgehead atoms. The second-order valence-electron chi connectivity index (χ2n) is 2.84. The number of hydrogen-bond acceptors (Lipinski definition) is 2. The molecule has 1 rings (SSSR count). The lowest BCUT2D eigenvalue weighted by atomic mass is 10.1. The largest absolute Gasteiger partial charge is 0.271 e. The van der Waals surface area contributed by atoms with Gasteiger partial charge in [-0.3, -0.25) is 4.68 Å². The van der Waals surface area contributed by atoms with E-state index in [1.807, 2.05) is 17.1 Å². The molecule has 1 aromatic rings. The monoisotopic (exact) mass is 248 g/mol. The van der Waals surface area contributed by atoms with Gasteiger partial charge in [-0.1, -0.05) is 13.3 Å². The Morgan fingerprint density at radius 1 is 1.75 bits per heavy atom. The van der Waals surface area contributed by atoms with Crippen LogP contribution in [0.4, 0.5) is 0 Å². The fourth-order valence-electron chi connectivity index (χ4n) is 1.02. The van der Waals surface area contributed by atoms with Gasteiger partial charge in [-0.15, -0.1) is 0 Å². The summed E-state index contributed by atoms with van der Waals surface area (Å²) in [4.78, 5) is 0. The molecule has 0 aliphatic rings. The lowest BCUT2D eigenvalue weighted by Crippen LogP contribution is -2.11. The maximum atomic E-state index is 4.28. The molecule has 0 aromatic carbocycles. The topological polar surface area (TPSA) is 17.8 Å². The molecule has 12 heavy (non-hydrogen) atoms. The minimum atomic E-state index is 0.625. The van der Waals surface area contributed by atoms with Crippen LogP contribution in [0.2, 0.25) is 0 Å². The molecule has 0 fully saturated rings. The molecule has 1 aromatic heterocycles. The van der Waals surface area contributed by atoms with Crippen molar-refractivity contribution in [3.8, 4) is 0 Å². The van der Waals surface area contributed by atoms with Gasteiger partial charge in [-0.05, 0) is 27.6 Å². The van der Waals surface area contributed by atoms with Crippen LogP contribution in [0.5, 0.6) is 0 Å². The summed E-state index contributed by atoms with van der Waals surface area (Å²) < 4.78 is 2.99. The highest BCUT2D eigenvalue weighted by Crippen LogP contribution is 2.11. The van der Waals surface area contributed by atoms with Crippen LogP contribution in [-0.4, -0.2) is 15.5 Å². The Kier molecular flexibility index (Phi) is 4.15. The third-order valence-corrected chi connectivity index (χ3v) is 2.81. The van der Waals surface area contributed by atoms with Gasteiger partial charge >= 0.3 is 0 Å². The Morgan fingerprint density at radius 3 is 2.92 bits per heavy atom. The van der Waals surface area contributed by atoms with Crippen molar-refractivity contribution in [1.29, 1.82) is 0 Å². The minimum absolute atomic E-state index is 0.625. The maximum Gasteiger partial charge on any atom is 0.0632 e. The van der Waals surface area contributed by atoms with Crippen molar-refractivity contribution in [3.05, 3.63) is 16.9 Å². The van der Waals surface area contributed by atoms with Crippen molar-refractivity contribution in [1.82, 2.24) is 9.78 Å². The summed E-state index contributed by atoms with van der Waals surface area (Å²) in [6.07, 6.45) is 4.96. The average molecular weight is 249 g/mol. The van der Waals surface area contributed by atoms with Crippen LogP contribution in [0, 0.1) is 5.92 Å². The van der Waals surface area contributed by atoms with E-state index in [9.17, 15) is 0 Å². The maximum absolute atomic E-state index is 4.28. The van der Waals surface area contributed by atoms with E-state index in [1.165, 1.54) is 0 Å². The van der Waals surface area contributed by atoms with E-state index in [0.717, 1.165) is 23.2 Å². The molecule has 1 unspecified atom stereocenters. The summed E-state index contributed by atoms with van der Waals surface area (Å²) >= 11 is 7.64.